The summed E-state index contributed by atoms with van der Waals surface area (Å²) >= 11 is 0. The molecule has 6 rings (SSSR count). The average Bonchev–Trinajstić information content (AvgIpc) is 3.19. The summed E-state index contributed by atoms with van der Waals surface area (Å²) in [6.45, 7) is 9.50. The first-order valence-electron chi connectivity index (χ1n) is 18.1. The highest BCUT2D eigenvalue weighted by atomic mass is 19.1. The molecule has 0 spiro atoms. The zero-order valence-corrected chi connectivity index (χ0v) is 30.5. The smallest absolute Gasteiger partial charge is 0.255 e. The van der Waals surface area contributed by atoms with Gasteiger partial charge in [0, 0.05) is 87.0 Å². The Morgan fingerprint density at radius 2 is 1.58 bits per heavy atom. The van der Waals surface area contributed by atoms with E-state index < -0.39 is 6.67 Å². The number of rotatable bonds is 12. The third kappa shape index (κ3) is 9.83. The lowest BCUT2D eigenvalue weighted by molar-refractivity contribution is -0.00522. The van der Waals surface area contributed by atoms with Crippen molar-refractivity contribution in [1.82, 2.24) is 20.1 Å². The summed E-state index contributed by atoms with van der Waals surface area (Å²) in [5.41, 5.74) is 5.03. The van der Waals surface area contributed by atoms with E-state index >= 15 is 0 Å². The first kappa shape index (κ1) is 37.6. The van der Waals surface area contributed by atoms with Crippen LogP contribution in [0.4, 0.5) is 15.8 Å². The highest BCUT2D eigenvalue weighted by molar-refractivity contribution is 6.08. The molecule has 4 aromatic rings. The minimum Gasteiger partial charge on any atom is -0.379 e. The number of anilines is 2. The largest absolute Gasteiger partial charge is 0.379 e. The first-order chi connectivity index (χ1) is 25.7. The fraction of sp³-hybridized carbons (Fsp3) is 0.366. The van der Waals surface area contributed by atoms with Crippen LogP contribution in [0.2, 0.25) is 0 Å². The summed E-state index contributed by atoms with van der Waals surface area (Å²) in [5.74, 6) is -0.864. The Kier molecular flexibility index (Phi) is 12.5. The van der Waals surface area contributed by atoms with Gasteiger partial charge in [-0.05, 0) is 73.5 Å². The van der Waals surface area contributed by atoms with Crippen LogP contribution in [0.15, 0.2) is 85.1 Å². The number of carbonyl (C=O) groups is 3. The van der Waals surface area contributed by atoms with E-state index in [-0.39, 0.29) is 36.5 Å². The normalized spacial score (nSPS) is 17.6. The van der Waals surface area contributed by atoms with Gasteiger partial charge in [-0.3, -0.25) is 24.3 Å². The van der Waals surface area contributed by atoms with Crippen molar-refractivity contribution in [3.8, 4) is 11.3 Å². The van der Waals surface area contributed by atoms with E-state index in [0.29, 0.717) is 72.0 Å². The molecule has 0 aliphatic carbocycles. The molecule has 3 amide bonds. The fourth-order valence-electron chi connectivity index (χ4n) is 6.69. The first-order valence-corrected chi connectivity index (χ1v) is 18.1. The van der Waals surface area contributed by atoms with Gasteiger partial charge in [-0.25, -0.2) is 4.39 Å². The lowest BCUT2D eigenvalue weighted by Crippen LogP contribution is -2.45. The number of nitrogens with one attached hydrogen (secondary N) is 2. The van der Waals surface area contributed by atoms with Gasteiger partial charge in [0.05, 0.1) is 36.8 Å². The van der Waals surface area contributed by atoms with Crippen molar-refractivity contribution in [2.45, 2.75) is 39.3 Å². The Morgan fingerprint density at radius 1 is 0.868 bits per heavy atom. The third-order valence-electron chi connectivity index (χ3n) is 9.51. The molecule has 2 atom stereocenters. The number of pyridine rings is 1. The summed E-state index contributed by atoms with van der Waals surface area (Å²) in [4.78, 5) is 51.3. The van der Waals surface area contributed by atoms with Gasteiger partial charge in [-0.2, -0.15) is 0 Å². The van der Waals surface area contributed by atoms with Crippen molar-refractivity contribution < 1.29 is 28.2 Å². The summed E-state index contributed by atoms with van der Waals surface area (Å²) in [7, 11) is 1.77. The molecule has 0 bridgehead atoms. The SMILES string of the molecule is C[C@@H]1CN(c2ccc(NC(=O)c3cccc(C(=O)N(C)CCN4CCOCC4)c3)c(-c3cc(C(=O)NCc4cccc(CF)c4)ccn3)c2)C[C@H](C)O1. The molecule has 11 nitrogen and oxygen atoms in total. The number of morpholine rings is 2. The lowest BCUT2D eigenvalue weighted by atomic mass is 10.0. The second-order valence-electron chi connectivity index (χ2n) is 13.7. The van der Waals surface area contributed by atoms with Crippen LogP contribution < -0.4 is 15.5 Å². The molecule has 2 fully saturated rings. The predicted octanol–water partition coefficient (Wildman–Crippen LogP) is 5.42. The molecule has 1 aromatic heterocycles. The van der Waals surface area contributed by atoms with Gasteiger partial charge in [0.2, 0.25) is 0 Å². The predicted molar refractivity (Wildman–Crippen MR) is 203 cm³/mol. The Labute approximate surface area is 310 Å². The number of hydrogen-bond acceptors (Lipinski definition) is 8. The van der Waals surface area contributed by atoms with Crippen molar-refractivity contribution in [2.24, 2.45) is 0 Å². The summed E-state index contributed by atoms with van der Waals surface area (Å²) in [6, 6.07) is 22.8. The molecule has 2 aliphatic heterocycles. The van der Waals surface area contributed by atoms with Crippen molar-refractivity contribution in [3.05, 3.63) is 113 Å². The maximum Gasteiger partial charge on any atom is 0.255 e. The zero-order valence-electron chi connectivity index (χ0n) is 30.5. The summed E-state index contributed by atoms with van der Waals surface area (Å²) in [6.07, 6.45) is 1.63. The standard InChI is InChI=1S/C41H47FN6O5/c1-28-26-48(27-29(2)53-28)35-10-11-37(36(23-35)38-22-33(12-13-43-38)39(49)44-25-31-7-4-6-30(20-31)24-42)45-40(50)32-8-5-9-34(21-32)41(51)46(3)14-15-47-16-18-52-19-17-47/h4-13,20-23,28-29H,14-19,24-27H2,1-3H3,(H,44,49)(H,45,50)/t28-,29+. The van der Waals surface area contributed by atoms with E-state index in [4.69, 9.17) is 9.47 Å². The molecule has 2 saturated heterocycles. The number of halogens is 1. The molecular weight excluding hydrogens is 675 g/mol. The molecule has 278 valence electrons. The highest BCUT2D eigenvalue weighted by Crippen LogP contribution is 2.33. The van der Waals surface area contributed by atoms with Crippen LogP contribution in [0.25, 0.3) is 11.3 Å². The lowest BCUT2D eigenvalue weighted by Gasteiger charge is -2.37. The maximum absolute atomic E-state index is 13.8. The number of carbonyl (C=O) groups excluding carboxylic acids is 3. The van der Waals surface area contributed by atoms with Gasteiger partial charge in [0.1, 0.15) is 6.67 Å². The Bertz CT molecular complexity index is 1910. The maximum atomic E-state index is 13.8. The van der Waals surface area contributed by atoms with E-state index in [1.807, 2.05) is 38.1 Å². The molecule has 0 radical (unpaired) electrons. The number of aromatic nitrogens is 1. The van der Waals surface area contributed by atoms with Crippen LogP contribution in [0, 0.1) is 0 Å². The number of ether oxygens (including phenoxy) is 2. The van der Waals surface area contributed by atoms with Crippen LogP contribution in [0.1, 0.15) is 56.0 Å². The monoisotopic (exact) mass is 722 g/mol. The number of likely N-dealkylation sites (N-methyl/N-ethyl adjacent to an activating group) is 1. The number of nitrogens with zero attached hydrogens (tertiary/aromatic N) is 4. The molecule has 2 N–H and O–H groups in total. The second kappa shape index (κ2) is 17.6. The minimum atomic E-state index is -0.577. The average molecular weight is 723 g/mol. The van der Waals surface area contributed by atoms with E-state index in [0.717, 1.165) is 30.9 Å². The quantitative estimate of drug-likeness (QED) is 0.199. The van der Waals surface area contributed by atoms with E-state index in [2.05, 4.69) is 25.4 Å². The van der Waals surface area contributed by atoms with Gasteiger partial charge in [0.25, 0.3) is 17.7 Å². The molecule has 53 heavy (non-hydrogen) atoms. The van der Waals surface area contributed by atoms with E-state index in [1.165, 1.54) is 0 Å². The van der Waals surface area contributed by atoms with Crippen molar-refractivity contribution in [2.75, 3.05) is 69.7 Å². The molecule has 3 heterocycles. The Morgan fingerprint density at radius 3 is 2.36 bits per heavy atom. The van der Waals surface area contributed by atoms with Crippen LogP contribution in [-0.4, -0.2) is 104 Å². The van der Waals surface area contributed by atoms with Crippen LogP contribution in [0.3, 0.4) is 0 Å². The van der Waals surface area contributed by atoms with Crippen molar-refractivity contribution >= 4 is 29.1 Å². The van der Waals surface area contributed by atoms with Crippen molar-refractivity contribution in [3.63, 3.8) is 0 Å². The van der Waals surface area contributed by atoms with E-state index in [9.17, 15) is 18.8 Å². The summed E-state index contributed by atoms with van der Waals surface area (Å²) < 4.78 is 24.6. The van der Waals surface area contributed by atoms with Gasteiger partial charge in [-0.15, -0.1) is 0 Å². The van der Waals surface area contributed by atoms with Gasteiger partial charge >= 0.3 is 0 Å². The number of amides is 3. The number of benzene rings is 3. The van der Waals surface area contributed by atoms with Gasteiger partial charge < -0.3 is 29.9 Å². The Hall–Kier alpha value is -5.17. The van der Waals surface area contributed by atoms with Gasteiger partial charge in [-0.1, -0.05) is 30.3 Å². The summed E-state index contributed by atoms with van der Waals surface area (Å²) in [5, 5.41) is 5.96. The van der Waals surface area contributed by atoms with E-state index in [1.54, 1.807) is 72.7 Å². The Balaban J connectivity index is 1.23. The molecular formula is C41H47FN6O5. The van der Waals surface area contributed by atoms with Crippen LogP contribution in [-0.2, 0) is 22.7 Å². The minimum absolute atomic E-state index is 0.0331. The van der Waals surface area contributed by atoms with Crippen LogP contribution >= 0.6 is 0 Å². The van der Waals surface area contributed by atoms with Gasteiger partial charge in [0.15, 0.2) is 0 Å². The van der Waals surface area contributed by atoms with Crippen LogP contribution in [0.5, 0.6) is 0 Å². The second-order valence-corrected chi connectivity index (χ2v) is 13.7. The third-order valence-corrected chi connectivity index (χ3v) is 9.51. The topological polar surface area (TPSA) is 116 Å². The van der Waals surface area contributed by atoms with Crippen molar-refractivity contribution in [1.29, 1.82) is 0 Å². The number of alkyl halides is 1. The number of hydrogen-bond donors (Lipinski definition) is 2. The molecule has 3 aromatic carbocycles. The molecule has 12 heteroatoms. The molecule has 2 aliphatic rings. The molecule has 0 unspecified atom stereocenters. The molecule has 0 saturated carbocycles. The fourth-order valence-corrected chi connectivity index (χ4v) is 6.69. The zero-order chi connectivity index (χ0) is 37.3. The highest BCUT2D eigenvalue weighted by Gasteiger charge is 2.24.